The minimum atomic E-state index is 0. The summed E-state index contributed by atoms with van der Waals surface area (Å²) in [7, 11) is 0. The van der Waals surface area contributed by atoms with Crippen molar-refractivity contribution in [3.63, 3.8) is 0 Å². The molecule has 0 unspecified atom stereocenters. The van der Waals surface area contributed by atoms with Gasteiger partial charge in [-0.2, -0.15) is 0 Å². The second-order valence-corrected chi connectivity index (χ2v) is 1.73. The summed E-state index contributed by atoms with van der Waals surface area (Å²) in [6, 6.07) is 0. The van der Waals surface area contributed by atoms with Crippen molar-refractivity contribution in [2.24, 2.45) is 34.4 Å². The Morgan fingerprint density at radius 1 is 0.389 bits per heavy atom. The summed E-state index contributed by atoms with van der Waals surface area (Å²) in [5, 5.41) is 0. The molecule has 124 valence electrons. The van der Waals surface area contributed by atoms with E-state index in [1.807, 2.05) is 0 Å². The van der Waals surface area contributed by atoms with Gasteiger partial charge in [0.05, 0.1) is 0 Å². The summed E-state index contributed by atoms with van der Waals surface area (Å²) in [6.07, 6.45) is 0. The van der Waals surface area contributed by atoms with Crippen LogP contribution in [0, 0.1) is 0 Å². The fraction of sp³-hybridized carbons (Fsp3) is 1.00. The average molecular weight is 487 g/mol. The van der Waals surface area contributed by atoms with Crippen molar-refractivity contribution in [2.75, 3.05) is 39.3 Å². The van der Waals surface area contributed by atoms with Crippen molar-refractivity contribution in [3.05, 3.63) is 0 Å². The molecule has 12 heteroatoms. The third-order valence-electron chi connectivity index (χ3n) is 0.500. The number of hydrogen-bond acceptors (Lipinski definition) is 6. The first-order valence-electron chi connectivity index (χ1n) is 3.95. The van der Waals surface area contributed by atoms with E-state index in [1.54, 1.807) is 0 Å². The molecule has 0 aromatic heterocycles. The molecule has 0 saturated carbocycles. The smallest absolute Gasteiger partial charge is 2.00 e. The van der Waals surface area contributed by atoms with Gasteiger partial charge < -0.3 is 56.3 Å². The molecule has 0 bridgehead atoms. The summed E-state index contributed by atoms with van der Waals surface area (Å²) < 4.78 is 0. The molecule has 0 amide bonds. The first kappa shape index (κ1) is 62.1. The topological polar surface area (TPSA) is 270 Å². The van der Waals surface area contributed by atoms with E-state index in [-0.39, 0.29) is 59.5 Å². The van der Waals surface area contributed by atoms with Crippen LogP contribution in [-0.4, -0.2) is 39.3 Å². The van der Waals surface area contributed by atoms with Gasteiger partial charge in [-0.3, -0.25) is 0 Å². The second-order valence-electron chi connectivity index (χ2n) is 1.73. The van der Waals surface area contributed by atoms with E-state index in [2.05, 4.69) is 0 Å². The Morgan fingerprint density at radius 2 is 0.444 bits per heavy atom. The van der Waals surface area contributed by atoms with Crippen molar-refractivity contribution in [1.82, 2.24) is 0 Å². The first-order chi connectivity index (χ1) is 5.74. The van der Waals surface area contributed by atoms with Gasteiger partial charge in [0.25, 0.3) is 0 Å². The Kier molecular flexibility index (Phi) is 375. The first-order valence-corrected chi connectivity index (χ1v) is 3.95. The fourth-order valence-corrected chi connectivity index (χ4v) is 0. The summed E-state index contributed by atoms with van der Waals surface area (Å²) in [4.78, 5) is 0. The van der Waals surface area contributed by atoms with Gasteiger partial charge in [-0.1, -0.05) is 0 Å². The van der Waals surface area contributed by atoms with Crippen LogP contribution in [0.25, 0.3) is 0 Å². The minimum absolute atomic E-state index is 0. The minimum Gasteiger partial charge on any atom is -2.00 e. The fourth-order valence-electron chi connectivity index (χ4n) is 0. The van der Waals surface area contributed by atoms with E-state index in [1.165, 1.54) is 0 Å². The van der Waals surface area contributed by atoms with E-state index in [0.717, 1.165) is 0 Å². The molecule has 0 aromatic rings. The maximum atomic E-state index is 4.90. The molecule has 0 heterocycles. The van der Waals surface area contributed by atoms with Gasteiger partial charge in [0, 0.05) is 60.3 Å². The van der Waals surface area contributed by atoms with E-state index in [4.69, 9.17) is 34.4 Å². The average Bonchev–Trinajstić information content (AvgIpc) is 2.18. The molecule has 0 spiro atoms. The van der Waals surface area contributed by atoms with Crippen LogP contribution < -0.4 is 34.4 Å². The quantitative estimate of drug-likeness (QED) is 0.217. The van der Waals surface area contributed by atoms with E-state index >= 15 is 0 Å². The van der Waals surface area contributed by atoms with Gasteiger partial charge in [0.1, 0.15) is 0 Å². The molecular weight excluding hydrogens is 463 g/mol. The van der Waals surface area contributed by atoms with Gasteiger partial charge >= 0.3 is 16.5 Å². The Labute approximate surface area is 133 Å². The molecule has 0 aliphatic heterocycles. The molecule has 18 heavy (non-hydrogen) atoms. The molecule has 0 aliphatic rings. The second kappa shape index (κ2) is 109. The predicted molar refractivity (Wildman–Crippen MR) is 57.1 cm³/mol. The van der Waals surface area contributed by atoms with Gasteiger partial charge in [-0.25, -0.2) is 0 Å². The van der Waals surface area contributed by atoms with Crippen LogP contribution in [0.3, 0.4) is 0 Å². The number of hydrogen-bond donors (Lipinski definition) is 6. The van der Waals surface area contributed by atoms with Crippen LogP contribution in [0.5, 0.6) is 0 Å². The zero-order valence-corrected chi connectivity index (χ0v) is 14.0. The van der Waals surface area contributed by atoms with Crippen molar-refractivity contribution < 1.29 is 59.5 Å². The summed E-state index contributed by atoms with van der Waals surface area (Å²) in [6.45, 7) is 3.58. The Bertz CT molecular complexity index is 51.5. The van der Waals surface area contributed by atoms with E-state index < -0.39 is 0 Å². The van der Waals surface area contributed by atoms with Gasteiger partial charge in [-0.05, 0) is 0 Å². The number of nitrogens with two attached hydrogens (primary N) is 6. The normalized spacial score (nSPS) is 5.00. The molecule has 0 atom stereocenters. The molecule has 10 nitrogen and oxygen atoms in total. The van der Waals surface area contributed by atoms with Gasteiger partial charge in [-0.15, -0.1) is 0 Å². The van der Waals surface area contributed by atoms with Gasteiger partial charge in [0.2, 0.25) is 0 Å². The molecule has 0 saturated heterocycles. The van der Waals surface area contributed by atoms with Crippen molar-refractivity contribution in [2.45, 2.75) is 0 Å². The van der Waals surface area contributed by atoms with Crippen molar-refractivity contribution in [1.29, 1.82) is 0 Å². The Balaban J connectivity index is -0.00000000827. The van der Waals surface area contributed by atoms with Crippen LogP contribution in [0.4, 0.5) is 0 Å². The molecule has 0 fully saturated rings. The van der Waals surface area contributed by atoms with Crippen LogP contribution in [0.1, 0.15) is 0 Å². The molecular formula is C6H24N6NiO4W-6. The van der Waals surface area contributed by atoms with Crippen LogP contribution >= 0.6 is 0 Å². The van der Waals surface area contributed by atoms with Crippen molar-refractivity contribution >= 4 is 0 Å². The molecule has 0 aliphatic carbocycles. The van der Waals surface area contributed by atoms with Gasteiger partial charge in [0.15, 0.2) is 0 Å². The predicted octanol–water partition coefficient (Wildman–Crippen LogP) is -3.77. The van der Waals surface area contributed by atoms with Crippen LogP contribution in [-0.2, 0) is 59.5 Å². The van der Waals surface area contributed by atoms with Crippen LogP contribution in [0.15, 0.2) is 0 Å². The molecule has 0 aromatic carbocycles. The Morgan fingerprint density at radius 3 is 0.444 bits per heavy atom. The molecule has 12 N–H and O–H groups in total. The Hall–Kier alpha value is 0.782. The van der Waals surface area contributed by atoms with Crippen molar-refractivity contribution in [3.8, 4) is 0 Å². The van der Waals surface area contributed by atoms with Crippen LogP contribution in [0.2, 0.25) is 0 Å². The summed E-state index contributed by atoms with van der Waals surface area (Å²) >= 11 is 0. The standard InChI is InChI=1S/3C2H8N2.Ni.4O.W/c3*3-1-2-4;;;;;;/h3*1-4H2;;;;;;/q;;;+2;4*-2;. The summed E-state index contributed by atoms with van der Waals surface area (Å²) in [5.41, 5.74) is 29.4. The monoisotopic (exact) mass is 486 g/mol. The third kappa shape index (κ3) is 292. The molecule has 0 rings (SSSR count). The van der Waals surface area contributed by atoms with E-state index in [9.17, 15) is 0 Å². The maximum absolute atomic E-state index is 4.90. The third-order valence-corrected chi connectivity index (χ3v) is 0.500. The van der Waals surface area contributed by atoms with E-state index in [0.29, 0.717) is 39.3 Å². The SMILES string of the molecule is NCCN.NCCN.NCCN.[Ni+2].[O-2].[O-2].[O-2].[O-2].[W]. The summed E-state index contributed by atoms with van der Waals surface area (Å²) in [5.74, 6) is 0. The molecule has 0 radical (unpaired) electrons. The largest absolute Gasteiger partial charge is 2.00 e. The zero-order valence-electron chi connectivity index (χ0n) is 10.1. The maximum Gasteiger partial charge on any atom is 2.00 e. The zero-order chi connectivity index (χ0) is 10.2. The number of rotatable bonds is 3.